The van der Waals surface area contributed by atoms with Gasteiger partial charge in [-0.25, -0.2) is 13.6 Å². The topological polar surface area (TPSA) is 80.3 Å². The predicted molar refractivity (Wildman–Crippen MR) is 124 cm³/mol. The third-order valence-electron chi connectivity index (χ3n) is 6.66. The highest BCUT2D eigenvalue weighted by atomic mass is 19.1. The van der Waals surface area contributed by atoms with E-state index in [4.69, 9.17) is 14.2 Å². The van der Waals surface area contributed by atoms with Crippen LogP contribution in [0.15, 0.2) is 36.4 Å². The molecule has 35 heavy (non-hydrogen) atoms. The van der Waals surface area contributed by atoms with Gasteiger partial charge in [0.25, 0.3) is 0 Å². The molecule has 2 amide bonds. The summed E-state index contributed by atoms with van der Waals surface area (Å²) in [6.07, 6.45) is 0.191. The van der Waals surface area contributed by atoms with Crippen molar-refractivity contribution in [2.45, 2.75) is 31.7 Å². The van der Waals surface area contributed by atoms with E-state index in [-0.39, 0.29) is 24.6 Å². The molecule has 0 unspecified atom stereocenters. The number of rotatable bonds is 5. The van der Waals surface area contributed by atoms with Crippen LogP contribution in [0, 0.1) is 11.6 Å². The van der Waals surface area contributed by atoms with Gasteiger partial charge in [-0.2, -0.15) is 0 Å². The number of cyclic esters (lactones) is 1. The Morgan fingerprint density at radius 3 is 2.49 bits per heavy atom. The standard InChI is InChI=1S/C25H27F2N3O5/c1-16(31)28-14-19-15-30(24(32)35-19)18-3-4-20(21(26)13-18)17-2-5-23(22(27)12-17)29-8-6-25(7-9-29)33-10-11-34-25/h2-5,12-13,19H,6-11,14-15H2,1H3,(H,28,31)/t19-/m0/s1. The lowest BCUT2D eigenvalue weighted by atomic mass is 10.0. The second kappa shape index (κ2) is 9.43. The predicted octanol–water partition coefficient (Wildman–Crippen LogP) is 3.44. The Kier molecular flexibility index (Phi) is 6.33. The Morgan fingerprint density at radius 2 is 1.83 bits per heavy atom. The maximum absolute atomic E-state index is 15.0. The minimum Gasteiger partial charge on any atom is -0.442 e. The highest BCUT2D eigenvalue weighted by Gasteiger charge is 2.40. The zero-order valence-corrected chi connectivity index (χ0v) is 19.4. The molecule has 1 spiro atoms. The third kappa shape index (κ3) is 4.81. The Balaban J connectivity index is 1.28. The van der Waals surface area contributed by atoms with Crippen LogP contribution < -0.4 is 15.1 Å². The van der Waals surface area contributed by atoms with Crippen molar-refractivity contribution in [1.29, 1.82) is 0 Å². The van der Waals surface area contributed by atoms with Crippen LogP contribution in [-0.4, -0.2) is 63.3 Å². The van der Waals surface area contributed by atoms with Crippen molar-refractivity contribution in [2.24, 2.45) is 0 Å². The van der Waals surface area contributed by atoms with Crippen molar-refractivity contribution in [2.75, 3.05) is 49.2 Å². The summed E-state index contributed by atoms with van der Waals surface area (Å²) in [6, 6.07) is 9.03. The zero-order valence-electron chi connectivity index (χ0n) is 19.4. The molecule has 10 heteroatoms. The number of nitrogens with zero attached hydrogens (tertiary/aromatic N) is 2. The summed E-state index contributed by atoms with van der Waals surface area (Å²) >= 11 is 0. The van der Waals surface area contributed by atoms with Crippen molar-refractivity contribution in [3.63, 3.8) is 0 Å². The highest BCUT2D eigenvalue weighted by molar-refractivity contribution is 5.90. The number of hydrogen-bond donors (Lipinski definition) is 1. The first-order chi connectivity index (χ1) is 16.8. The van der Waals surface area contributed by atoms with Crippen LogP contribution in [0.2, 0.25) is 0 Å². The second-order valence-corrected chi connectivity index (χ2v) is 8.98. The summed E-state index contributed by atoms with van der Waals surface area (Å²) in [4.78, 5) is 26.6. The van der Waals surface area contributed by atoms with Crippen molar-refractivity contribution < 1.29 is 32.6 Å². The average molecular weight is 488 g/mol. The Labute approximate surface area is 201 Å². The van der Waals surface area contributed by atoms with Crippen molar-refractivity contribution in [1.82, 2.24) is 5.32 Å². The van der Waals surface area contributed by atoms with Gasteiger partial charge in [0.15, 0.2) is 5.79 Å². The molecule has 3 fully saturated rings. The quantitative estimate of drug-likeness (QED) is 0.696. The molecular formula is C25H27F2N3O5. The van der Waals surface area contributed by atoms with E-state index in [0.29, 0.717) is 56.1 Å². The minimum atomic E-state index is -0.611. The van der Waals surface area contributed by atoms with Crippen LogP contribution in [0.3, 0.4) is 0 Å². The van der Waals surface area contributed by atoms with Gasteiger partial charge in [0.05, 0.1) is 37.7 Å². The lowest BCUT2D eigenvalue weighted by molar-refractivity contribution is -0.169. The SMILES string of the molecule is CC(=O)NC[C@H]1CN(c2ccc(-c3ccc(N4CCC5(CC4)OCCO5)c(F)c3)c(F)c2)C(=O)O1. The molecule has 0 aliphatic carbocycles. The molecule has 0 bridgehead atoms. The Hall–Kier alpha value is -3.24. The van der Waals surface area contributed by atoms with E-state index in [0.717, 1.165) is 0 Å². The van der Waals surface area contributed by atoms with Gasteiger partial charge < -0.3 is 24.4 Å². The fraction of sp³-hybridized carbons (Fsp3) is 0.440. The normalized spacial score (nSPS) is 21.5. The summed E-state index contributed by atoms with van der Waals surface area (Å²) in [6.45, 7) is 4.13. The fourth-order valence-corrected chi connectivity index (χ4v) is 4.81. The van der Waals surface area contributed by atoms with Crippen LogP contribution in [-0.2, 0) is 19.0 Å². The van der Waals surface area contributed by atoms with Gasteiger partial charge in [-0.15, -0.1) is 0 Å². The molecular weight excluding hydrogens is 460 g/mol. The van der Waals surface area contributed by atoms with Gasteiger partial charge in [0, 0.05) is 38.4 Å². The molecule has 5 rings (SSSR count). The monoisotopic (exact) mass is 487 g/mol. The van der Waals surface area contributed by atoms with E-state index < -0.39 is 29.6 Å². The van der Waals surface area contributed by atoms with Gasteiger partial charge in [0.2, 0.25) is 5.91 Å². The first-order valence-corrected chi connectivity index (χ1v) is 11.7. The summed E-state index contributed by atoms with van der Waals surface area (Å²) in [5, 5.41) is 2.60. The first-order valence-electron chi connectivity index (χ1n) is 11.7. The van der Waals surface area contributed by atoms with Gasteiger partial charge in [-0.3, -0.25) is 9.69 Å². The number of carbonyl (C=O) groups is 2. The molecule has 2 aromatic rings. The molecule has 3 aliphatic rings. The summed E-state index contributed by atoms with van der Waals surface area (Å²) in [7, 11) is 0. The number of amides is 2. The maximum atomic E-state index is 15.0. The van der Waals surface area contributed by atoms with Gasteiger partial charge >= 0.3 is 6.09 Å². The van der Waals surface area contributed by atoms with E-state index in [9.17, 15) is 9.59 Å². The van der Waals surface area contributed by atoms with Gasteiger partial charge in [-0.05, 0) is 35.9 Å². The smallest absolute Gasteiger partial charge is 0.414 e. The largest absolute Gasteiger partial charge is 0.442 e. The molecule has 1 atom stereocenters. The number of piperidine rings is 1. The first kappa shape index (κ1) is 23.5. The van der Waals surface area contributed by atoms with E-state index >= 15 is 8.78 Å². The number of hydrogen-bond acceptors (Lipinski definition) is 6. The molecule has 3 heterocycles. The van der Waals surface area contributed by atoms with Crippen LogP contribution in [0.5, 0.6) is 0 Å². The number of carbonyl (C=O) groups excluding carboxylic acids is 2. The molecule has 186 valence electrons. The lowest BCUT2D eigenvalue weighted by Gasteiger charge is -2.38. The molecule has 2 aromatic carbocycles. The molecule has 3 aliphatic heterocycles. The summed E-state index contributed by atoms with van der Waals surface area (Å²) in [5.74, 6) is -1.78. The molecule has 0 aromatic heterocycles. The number of ether oxygens (including phenoxy) is 3. The van der Waals surface area contributed by atoms with Crippen LogP contribution in [0.4, 0.5) is 25.0 Å². The molecule has 8 nitrogen and oxygen atoms in total. The van der Waals surface area contributed by atoms with Gasteiger partial charge in [0.1, 0.15) is 17.7 Å². The maximum Gasteiger partial charge on any atom is 0.414 e. The lowest BCUT2D eigenvalue weighted by Crippen LogP contribution is -2.45. The Bertz CT molecular complexity index is 1130. The number of nitrogens with one attached hydrogen (secondary N) is 1. The molecule has 1 N–H and O–H groups in total. The summed E-state index contributed by atoms with van der Waals surface area (Å²) < 4.78 is 46.8. The van der Waals surface area contributed by atoms with Crippen molar-refractivity contribution in [3.8, 4) is 11.1 Å². The van der Waals surface area contributed by atoms with Crippen LogP contribution in [0.1, 0.15) is 19.8 Å². The van der Waals surface area contributed by atoms with Gasteiger partial charge in [-0.1, -0.05) is 6.07 Å². The molecule has 0 saturated carbocycles. The number of anilines is 2. The second-order valence-electron chi connectivity index (χ2n) is 8.98. The number of halogens is 2. The van der Waals surface area contributed by atoms with Crippen molar-refractivity contribution in [3.05, 3.63) is 48.0 Å². The molecule has 0 radical (unpaired) electrons. The van der Waals surface area contributed by atoms with Crippen LogP contribution in [0.25, 0.3) is 11.1 Å². The minimum absolute atomic E-state index is 0.182. The number of benzene rings is 2. The van der Waals surface area contributed by atoms with E-state index in [1.807, 2.05) is 4.90 Å². The van der Waals surface area contributed by atoms with E-state index in [2.05, 4.69) is 5.32 Å². The summed E-state index contributed by atoms with van der Waals surface area (Å²) in [5.41, 5.74) is 1.42. The van der Waals surface area contributed by atoms with Crippen LogP contribution >= 0.6 is 0 Å². The average Bonchev–Trinajstić information content (AvgIpc) is 3.45. The molecule has 3 saturated heterocycles. The van der Waals surface area contributed by atoms with E-state index in [1.165, 1.54) is 30.0 Å². The van der Waals surface area contributed by atoms with Crippen molar-refractivity contribution >= 4 is 23.4 Å². The van der Waals surface area contributed by atoms with E-state index in [1.54, 1.807) is 18.2 Å². The highest BCUT2D eigenvalue weighted by Crippen LogP contribution is 2.36. The third-order valence-corrected chi connectivity index (χ3v) is 6.66. The Morgan fingerprint density at radius 1 is 1.09 bits per heavy atom. The zero-order chi connectivity index (χ0) is 24.6. The fourth-order valence-electron chi connectivity index (χ4n) is 4.81.